The molecule has 2 aromatic carbocycles. The molecular weight excluding hydrogens is 384 g/mol. The van der Waals surface area contributed by atoms with Gasteiger partial charge in [-0.2, -0.15) is 13.2 Å². The molecule has 1 unspecified atom stereocenters. The van der Waals surface area contributed by atoms with Crippen molar-refractivity contribution in [1.29, 1.82) is 0 Å². The Morgan fingerprint density at radius 3 is 2.42 bits per heavy atom. The Kier molecular flexibility index (Phi) is 5.18. The second-order valence-electron chi connectivity index (χ2n) is 6.40. The molecule has 6 heteroatoms. The Morgan fingerprint density at radius 1 is 1.15 bits per heavy atom. The van der Waals surface area contributed by atoms with E-state index in [1.165, 1.54) is 6.07 Å². The molecule has 0 heterocycles. The number of ketones is 1. The highest BCUT2D eigenvalue weighted by molar-refractivity contribution is 6.35. The SMILES string of the molecule is CC1CCc2cccc(C(=O)C=C(c3cc(Cl)cc(Cl)c3)C(F)(F)F)c21. The second kappa shape index (κ2) is 7.09. The minimum Gasteiger partial charge on any atom is -0.289 e. The molecule has 0 radical (unpaired) electrons. The van der Waals surface area contributed by atoms with Crippen LogP contribution < -0.4 is 0 Å². The highest BCUT2D eigenvalue weighted by atomic mass is 35.5. The zero-order valence-electron chi connectivity index (χ0n) is 13.8. The van der Waals surface area contributed by atoms with E-state index in [1.807, 2.05) is 13.0 Å². The van der Waals surface area contributed by atoms with Gasteiger partial charge < -0.3 is 0 Å². The lowest BCUT2D eigenvalue weighted by molar-refractivity contribution is -0.0689. The number of benzene rings is 2. The van der Waals surface area contributed by atoms with Crippen molar-refractivity contribution in [2.24, 2.45) is 0 Å². The quantitative estimate of drug-likeness (QED) is 0.407. The summed E-state index contributed by atoms with van der Waals surface area (Å²) in [7, 11) is 0. The third kappa shape index (κ3) is 3.81. The number of carbonyl (C=O) groups is 1. The van der Waals surface area contributed by atoms with Crippen LogP contribution in [0.4, 0.5) is 13.2 Å². The van der Waals surface area contributed by atoms with E-state index in [1.54, 1.807) is 12.1 Å². The van der Waals surface area contributed by atoms with Gasteiger partial charge in [0.25, 0.3) is 0 Å². The molecule has 136 valence electrons. The first-order valence-electron chi connectivity index (χ1n) is 8.08. The van der Waals surface area contributed by atoms with Crippen molar-refractivity contribution in [3.05, 3.63) is 74.8 Å². The summed E-state index contributed by atoms with van der Waals surface area (Å²) in [5, 5.41) is 0.147. The lowest BCUT2D eigenvalue weighted by Gasteiger charge is -2.14. The number of halogens is 5. The van der Waals surface area contributed by atoms with Crippen molar-refractivity contribution in [2.75, 3.05) is 0 Å². The molecule has 26 heavy (non-hydrogen) atoms. The van der Waals surface area contributed by atoms with Crippen molar-refractivity contribution in [3.63, 3.8) is 0 Å². The van der Waals surface area contributed by atoms with Crippen LogP contribution >= 0.6 is 23.2 Å². The standard InChI is InChI=1S/C20H15Cl2F3O/c1-11-5-6-12-3-2-4-16(19(11)12)18(26)10-17(20(23,24)25)13-7-14(21)9-15(22)8-13/h2-4,7-11H,5-6H2,1H3. The monoisotopic (exact) mass is 398 g/mol. The van der Waals surface area contributed by atoms with Crippen LogP contribution in [-0.4, -0.2) is 12.0 Å². The molecule has 0 saturated carbocycles. The number of aryl methyl sites for hydroxylation is 1. The maximum atomic E-state index is 13.6. The van der Waals surface area contributed by atoms with Crippen LogP contribution in [0.15, 0.2) is 42.5 Å². The second-order valence-corrected chi connectivity index (χ2v) is 7.27. The maximum absolute atomic E-state index is 13.6. The van der Waals surface area contributed by atoms with Gasteiger partial charge in [-0.15, -0.1) is 0 Å². The van der Waals surface area contributed by atoms with Crippen LogP contribution in [0, 0.1) is 0 Å². The molecule has 0 saturated heterocycles. The topological polar surface area (TPSA) is 17.1 Å². The van der Waals surface area contributed by atoms with Gasteiger partial charge in [0.15, 0.2) is 5.78 Å². The zero-order chi connectivity index (χ0) is 19.1. The van der Waals surface area contributed by atoms with Gasteiger partial charge >= 0.3 is 6.18 Å². The van der Waals surface area contributed by atoms with E-state index in [0.29, 0.717) is 11.6 Å². The average Bonchev–Trinajstić information content (AvgIpc) is 2.92. The number of fused-ring (bicyclic) bond motifs is 1. The smallest absolute Gasteiger partial charge is 0.289 e. The highest BCUT2D eigenvalue weighted by Crippen LogP contribution is 2.38. The average molecular weight is 399 g/mol. The van der Waals surface area contributed by atoms with Crippen molar-refractivity contribution in [1.82, 2.24) is 0 Å². The van der Waals surface area contributed by atoms with Gasteiger partial charge in [0.05, 0.1) is 5.57 Å². The van der Waals surface area contributed by atoms with E-state index in [0.717, 1.165) is 36.1 Å². The summed E-state index contributed by atoms with van der Waals surface area (Å²) >= 11 is 11.7. The van der Waals surface area contributed by atoms with Crippen LogP contribution in [0.5, 0.6) is 0 Å². The van der Waals surface area contributed by atoms with Crippen LogP contribution in [0.3, 0.4) is 0 Å². The van der Waals surface area contributed by atoms with E-state index >= 15 is 0 Å². The maximum Gasteiger partial charge on any atom is 0.417 e. The Hall–Kier alpha value is -1.78. The van der Waals surface area contributed by atoms with E-state index in [4.69, 9.17) is 23.2 Å². The van der Waals surface area contributed by atoms with Crippen LogP contribution in [-0.2, 0) is 6.42 Å². The fourth-order valence-corrected chi connectivity index (χ4v) is 3.92. The lowest BCUT2D eigenvalue weighted by Crippen LogP contribution is -2.13. The van der Waals surface area contributed by atoms with Gasteiger partial charge in [-0.1, -0.05) is 48.3 Å². The van der Waals surface area contributed by atoms with Crippen LogP contribution in [0.1, 0.15) is 46.3 Å². The molecule has 1 nitrogen and oxygen atoms in total. The molecule has 0 fully saturated rings. The third-order valence-electron chi connectivity index (χ3n) is 4.56. The first-order valence-corrected chi connectivity index (χ1v) is 8.84. The Morgan fingerprint density at radius 2 is 1.81 bits per heavy atom. The number of rotatable bonds is 3. The summed E-state index contributed by atoms with van der Waals surface area (Å²) in [4.78, 5) is 12.7. The summed E-state index contributed by atoms with van der Waals surface area (Å²) in [6, 6.07) is 8.85. The molecule has 0 aromatic heterocycles. The van der Waals surface area contributed by atoms with Gasteiger partial charge in [-0.05, 0) is 59.7 Å². The van der Waals surface area contributed by atoms with Gasteiger partial charge in [0, 0.05) is 15.6 Å². The molecule has 3 rings (SSSR count). The van der Waals surface area contributed by atoms with E-state index in [2.05, 4.69) is 0 Å². The zero-order valence-corrected chi connectivity index (χ0v) is 15.3. The first kappa shape index (κ1) is 19.0. The van der Waals surface area contributed by atoms with E-state index in [9.17, 15) is 18.0 Å². The van der Waals surface area contributed by atoms with Gasteiger partial charge in [-0.3, -0.25) is 4.79 Å². The van der Waals surface area contributed by atoms with E-state index < -0.39 is 17.5 Å². The molecule has 1 atom stereocenters. The highest BCUT2D eigenvalue weighted by Gasteiger charge is 2.36. The van der Waals surface area contributed by atoms with Crippen LogP contribution in [0.25, 0.3) is 5.57 Å². The summed E-state index contributed by atoms with van der Waals surface area (Å²) in [5.74, 6) is -0.521. The summed E-state index contributed by atoms with van der Waals surface area (Å²) in [6.45, 7) is 1.98. The summed E-state index contributed by atoms with van der Waals surface area (Å²) < 4.78 is 40.8. The predicted molar refractivity (Wildman–Crippen MR) is 98.0 cm³/mol. The van der Waals surface area contributed by atoms with Gasteiger partial charge in [-0.25, -0.2) is 0 Å². The van der Waals surface area contributed by atoms with Crippen LogP contribution in [0.2, 0.25) is 10.0 Å². The number of hydrogen-bond donors (Lipinski definition) is 0. The van der Waals surface area contributed by atoms with Gasteiger partial charge in [0.1, 0.15) is 0 Å². The van der Waals surface area contributed by atoms with Crippen molar-refractivity contribution in [3.8, 4) is 0 Å². The van der Waals surface area contributed by atoms with Crippen molar-refractivity contribution < 1.29 is 18.0 Å². The largest absolute Gasteiger partial charge is 0.417 e. The normalized spacial score (nSPS) is 17.3. The molecule has 0 aliphatic heterocycles. The Balaban J connectivity index is 2.10. The number of carbonyl (C=O) groups excluding carboxylic acids is 1. The third-order valence-corrected chi connectivity index (χ3v) is 4.99. The fourth-order valence-electron chi connectivity index (χ4n) is 3.39. The Bertz CT molecular complexity index is 880. The lowest BCUT2D eigenvalue weighted by atomic mass is 9.93. The summed E-state index contributed by atoms with van der Waals surface area (Å²) in [6.07, 6.45) is -2.35. The van der Waals surface area contributed by atoms with E-state index in [-0.39, 0.29) is 21.5 Å². The molecule has 0 bridgehead atoms. The fraction of sp³-hybridized carbons (Fsp3) is 0.250. The Labute approximate surface area is 159 Å². The number of allylic oxidation sites excluding steroid dienone is 2. The first-order chi connectivity index (χ1) is 12.2. The molecule has 2 aromatic rings. The number of hydrogen-bond acceptors (Lipinski definition) is 1. The molecule has 1 aliphatic carbocycles. The number of alkyl halides is 3. The molecule has 1 aliphatic rings. The van der Waals surface area contributed by atoms with Crippen molar-refractivity contribution in [2.45, 2.75) is 31.9 Å². The van der Waals surface area contributed by atoms with Crippen molar-refractivity contribution >= 4 is 34.6 Å². The summed E-state index contributed by atoms with van der Waals surface area (Å²) in [5.41, 5.74) is 0.900. The predicted octanol–water partition coefficient (Wildman–Crippen LogP) is 6.87. The van der Waals surface area contributed by atoms with Gasteiger partial charge in [0.2, 0.25) is 0 Å². The molecule has 0 spiro atoms. The molecule has 0 N–H and O–H groups in total. The molecule has 0 amide bonds. The molecular formula is C20H15Cl2F3O. The minimum atomic E-state index is -4.72. The minimum absolute atomic E-state index is 0.0734.